The van der Waals surface area contributed by atoms with Crippen molar-refractivity contribution in [3.8, 4) is 0 Å². The summed E-state index contributed by atoms with van der Waals surface area (Å²) in [5.41, 5.74) is 1.30. The molecule has 0 aromatic rings. The van der Waals surface area contributed by atoms with Gasteiger partial charge in [0.25, 0.3) is 5.79 Å². The molecule has 0 aliphatic rings. The van der Waals surface area contributed by atoms with E-state index in [2.05, 4.69) is 41.9 Å². The van der Waals surface area contributed by atoms with Crippen LogP contribution in [0.3, 0.4) is 0 Å². The zero-order chi connectivity index (χ0) is 14.0. The summed E-state index contributed by atoms with van der Waals surface area (Å²) in [6, 6.07) is 0. The largest absolute Gasteiger partial charge is 0.326 e. The van der Waals surface area contributed by atoms with Gasteiger partial charge in [-0.25, -0.2) is 5.26 Å². The van der Waals surface area contributed by atoms with E-state index in [9.17, 15) is 4.91 Å². The zero-order valence-corrected chi connectivity index (χ0v) is 11.8. The molecule has 0 aromatic heterocycles. The average Bonchev–Trinajstić information content (AvgIpc) is 2.29. The molecule has 0 saturated heterocycles. The van der Waals surface area contributed by atoms with E-state index in [0.717, 1.165) is 12.3 Å². The van der Waals surface area contributed by atoms with E-state index in [1.54, 1.807) is 0 Å². The Morgan fingerprint density at radius 2 is 2.17 bits per heavy atom. The summed E-state index contributed by atoms with van der Waals surface area (Å²) in [7, 11) is 0. The van der Waals surface area contributed by atoms with E-state index >= 15 is 0 Å². The highest BCUT2D eigenvalue weighted by Crippen LogP contribution is 2.20. The number of nitrogens with zero attached hydrogens (tertiary/aromatic N) is 1. The molecule has 5 nitrogen and oxygen atoms in total. The second-order valence-electron chi connectivity index (χ2n) is 5.27. The van der Waals surface area contributed by atoms with Crippen molar-refractivity contribution in [3.63, 3.8) is 0 Å². The first-order valence-electron chi connectivity index (χ1n) is 6.42. The molecule has 0 aliphatic carbocycles. The molecule has 0 aliphatic heterocycles. The third-order valence-electron chi connectivity index (χ3n) is 2.87. The normalized spacial score (nSPS) is 15.6. The molecule has 1 N–H and O–H groups in total. The van der Waals surface area contributed by atoms with Crippen molar-refractivity contribution in [2.75, 3.05) is 0 Å². The highest BCUT2D eigenvalue weighted by molar-refractivity contribution is 4.98. The van der Waals surface area contributed by atoms with Gasteiger partial charge in [0.2, 0.25) is 0 Å². The Morgan fingerprint density at radius 1 is 1.50 bits per heavy atom. The van der Waals surface area contributed by atoms with Gasteiger partial charge >= 0.3 is 0 Å². The molecule has 0 radical (unpaired) electrons. The first kappa shape index (κ1) is 17.1. The van der Waals surface area contributed by atoms with E-state index in [0.29, 0.717) is 12.8 Å². The lowest BCUT2D eigenvalue weighted by molar-refractivity contribution is -0.400. The lowest BCUT2D eigenvalue weighted by Crippen LogP contribution is -2.28. The molecule has 0 fully saturated rings. The molecular weight excluding hydrogens is 234 g/mol. The van der Waals surface area contributed by atoms with Gasteiger partial charge in [-0.05, 0) is 32.1 Å². The highest BCUT2D eigenvalue weighted by atomic mass is 17.2. The Hall–Kier alpha value is -0.940. The molecular formula is C13H25NO4. The van der Waals surface area contributed by atoms with Crippen LogP contribution in [0.4, 0.5) is 0 Å². The van der Waals surface area contributed by atoms with Crippen LogP contribution < -0.4 is 0 Å². The highest BCUT2D eigenvalue weighted by Gasteiger charge is 2.27. The Bertz CT molecular complexity index is 266. The Kier molecular flexibility index (Phi) is 8.58. The fraction of sp³-hybridized carbons (Fsp3) is 0.846. The molecule has 1 unspecified atom stereocenters. The molecule has 0 rings (SSSR count). The first-order chi connectivity index (χ1) is 8.43. The number of hydrogen-bond acceptors (Lipinski definition) is 5. The second kappa shape index (κ2) is 9.05. The quantitative estimate of drug-likeness (QED) is 0.207. The van der Waals surface area contributed by atoms with Crippen molar-refractivity contribution in [1.29, 1.82) is 0 Å². The maximum absolute atomic E-state index is 10.0. The molecule has 106 valence electrons. The summed E-state index contributed by atoms with van der Waals surface area (Å²) in [5.74, 6) is -0.618. The summed E-state index contributed by atoms with van der Waals surface area (Å²) in [6.07, 6.45) is 6.59. The van der Waals surface area contributed by atoms with Crippen LogP contribution in [0, 0.1) is 10.8 Å². The molecule has 0 bridgehead atoms. The monoisotopic (exact) mass is 259 g/mol. The summed E-state index contributed by atoms with van der Waals surface area (Å²) in [4.78, 5) is 18.6. The number of hydrogen-bond donors (Lipinski definition) is 1. The fourth-order valence-corrected chi connectivity index (χ4v) is 1.66. The molecule has 18 heavy (non-hydrogen) atoms. The summed E-state index contributed by atoms with van der Waals surface area (Å²) in [5, 5.41) is 10.9. The zero-order valence-electron chi connectivity index (χ0n) is 11.8. The summed E-state index contributed by atoms with van der Waals surface area (Å²) < 4.78 is 0. The molecule has 5 heteroatoms. The van der Waals surface area contributed by atoms with Crippen molar-refractivity contribution in [2.24, 2.45) is 11.3 Å². The number of allylic oxidation sites excluding steroid dienone is 2. The van der Waals surface area contributed by atoms with Gasteiger partial charge in [0.15, 0.2) is 5.34 Å². The van der Waals surface area contributed by atoms with E-state index in [-0.39, 0.29) is 0 Å². The van der Waals surface area contributed by atoms with Crippen LogP contribution in [0.1, 0.15) is 59.8 Å². The van der Waals surface area contributed by atoms with Crippen LogP contribution in [0.5, 0.6) is 0 Å². The van der Waals surface area contributed by atoms with Gasteiger partial charge in [0, 0.05) is 13.3 Å². The minimum Gasteiger partial charge on any atom is -0.326 e. The number of rotatable bonds is 10. The Morgan fingerprint density at radius 3 is 2.67 bits per heavy atom. The third kappa shape index (κ3) is 8.20. The van der Waals surface area contributed by atoms with Gasteiger partial charge in [-0.15, -0.1) is 4.91 Å². The van der Waals surface area contributed by atoms with Crippen LogP contribution in [0.25, 0.3) is 0 Å². The van der Waals surface area contributed by atoms with Gasteiger partial charge in [0.05, 0.1) is 0 Å². The Balaban J connectivity index is 3.94. The molecule has 0 aromatic carbocycles. The lowest BCUT2D eigenvalue weighted by atomic mass is 10.0. The minimum atomic E-state index is -1.35. The van der Waals surface area contributed by atoms with Gasteiger partial charge in [-0.3, -0.25) is 0 Å². The third-order valence-corrected chi connectivity index (χ3v) is 2.87. The molecule has 0 saturated carbocycles. The van der Waals surface area contributed by atoms with E-state index in [1.165, 1.54) is 25.3 Å². The Labute approximate surface area is 109 Å². The van der Waals surface area contributed by atoms with Gasteiger partial charge in [0.1, 0.15) is 0 Å². The van der Waals surface area contributed by atoms with Crippen LogP contribution >= 0.6 is 0 Å². The van der Waals surface area contributed by atoms with Crippen molar-refractivity contribution >= 4 is 0 Å². The van der Waals surface area contributed by atoms with Crippen molar-refractivity contribution in [2.45, 2.75) is 65.6 Å². The van der Waals surface area contributed by atoms with Crippen LogP contribution in [-0.4, -0.2) is 11.0 Å². The molecule has 0 heterocycles. The first-order valence-corrected chi connectivity index (χ1v) is 6.42. The predicted molar refractivity (Wildman–Crippen MR) is 70.7 cm³/mol. The van der Waals surface area contributed by atoms with Crippen LogP contribution in [0.15, 0.2) is 17.0 Å². The molecule has 0 spiro atoms. The molecule has 1 atom stereocenters. The topological polar surface area (TPSA) is 68.1 Å². The van der Waals surface area contributed by atoms with Gasteiger partial charge < -0.3 is 4.84 Å². The lowest BCUT2D eigenvalue weighted by Gasteiger charge is -2.20. The maximum atomic E-state index is 10.0. The predicted octanol–water partition coefficient (Wildman–Crippen LogP) is 4.44. The van der Waals surface area contributed by atoms with Gasteiger partial charge in [-0.1, -0.05) is 31.9 Å². The van der Waals surface area contributed by atoms with E-state index < -0.39 is 5.79 Å². The maximum Gasteiger partial charge on any atom is 0.267 e. The van der Waals surface area contributed by atoms with Crippen LogP contribution in [0.2, 0.25) is 0 Å². The van der Waals surface area contributed by atoms with Crippen molar-refractivity contribution in [3.05, 3.63) is 16.6 Å². The minimum absolute atomic E-state index is 0.372. The second-order valence-corrected chi connectivity index (χ2v) is 5.27. The summed E-state index contributed by atoms with van der Waals surface area (Å²) >= 11 is 0. The van der Waals surface area contributed by atoms with E-state index in [1.807, 2.05) is 0 Å². The molecule has 0 amide bonds. The van der Waals surface area contributed by atoms with Crippen molar-refractivity contribution < 1.29 is 15.0 Å². The fourth-order valence-electron chi connectivity index (χ4n) is 1.66. The smallest absolute Gasteiger partial charge is 0.267 e. The van der Waals surface area contributed by atoms with Crippen LogP contribution in [-0.2, 0) is 9.73 Å². The summed E-state index contributed by atoms with van der Waals surface area (Å²) in [6.45, 7) is 7.98. The average molecular weight is 259 g/mol. The van der Waals surface area contributed by atoms with Gasteiger partial charge in [-0.2, -0.15) is 4.89 Å². The van der Waals surface area contributed by atoms with Crippen molar-refractivity contribution in [1.82, 2.24) is 0 Å². The van der Waals surface area contributed by atoms with E-state index in [4.69, 9.17) is 5.26 Å². The standard InChI is InChI=1S/C13H25NO4/c1-11(2)7-5-8-12(3)9-6-10-13(4,18-16)17-14-15/h9,11,16H,5-8,10H2,1-4H3/b12-9+. The SMILES string of the molecule is C/C(=C\CCC(C)(OO)ON=O)CCCC(C)C.